The fourth-order valence-electron chi connectivity index (χ4n) is 2.99. The maximum absolute atomic E-state index is 12.3. The van der Waals surface area contributed by atoms with E-state index in [0.29, 0.717) is 18.9 Å². The van der Waals surface area contributed by atoms with Crippen LogP contribution in [0.2, 0.25) is 0 Å². The first-order valence-electron chi connectivity index (χ1n) is 8.83. The third-order valence-electron chi connectivity index (χ3n) is 4.48. The Hall–Kier alpha value is -1.34. The van der Waals surface area contributed by atoms with Crippen molar-refractivity contribution in [2.45, 2.75) is 32.7 Å². The average Bonchev–Trinajstić information content (AvgIpc) is 3.06. The third-order valence-corrected chi connectivity index (χ3v) is 5.42. The SMILES string of the molecule is CCOc1ccc(-c2nc(CC(=O)NC3CNCCC3C)cs2)cc1.Cl.Cl. The number of nitrogens with one attached hydrogen (secondary N) is 2. The highest BCUT2D eigenvalue weighted by Gasteiger charge is 2.22. The summed E-state index contributed by atoms with van der Waals surface area (Å²) in [6.45, 7) is 6.70. The van der Waals surface area contributed by atoms with E-state index < -0.39 is 0 Å². The van der Waals surface area contributed by atoms with Gasteiger partial charge in [-0.05, 0) is 50.1 Å². The minimum absolute atomic E-state index is 0. The van der Waals surface area contributed by atoms with Crippen LogP contribution in [0, 0.1) is 5.92 Å². The molecule has 2 N–H and O–H groups in total. The van der Waals surface area contributed by atoms with Crippen LogP contribution in [0.15, 0.2) is 29.6 Å². The minimum atomic E-state index is 0. The molecular weight excluding hydrogens is 405 g/mol. The van der Waals surface area contributed by atoms with Gasteiger partial charge in [0.25, 0.3) is 0 Å². The molecule has 0 bridgehead atoms. The molecule has 27 heavy (non-hydrogen) atoms. The van der Waals surface area contributed by atoms with Crippen molar-refractivity contribution in [2.75, 3.05) is 19.7 Å². The first-order chi connectivity index (χ1) is 12.2. The predicted molar refractivity (Wildman–Crippen MR) is 116 cm³/mol. The molecule has 1 aromatic carbocycles. The van der Waals surface area contributed by atoms with Gasteiger partial charge in [-0.2, -0.15) is 0 Å². The Bertz CT molecular complexity index is 709. The average molecular weight is 432 g/mol. The number of ether oxygens (including phenoxy) is 1. The van der Waals surface area contributed by atoms with Gasteiger partial charge in [0.05, 0.1) is 18.7 Å². The molecule has 2 heterocycles. The van der Waals surface area contributed by atoms with E-state index >= 15 is 0 Å². The summed E-state index contributed by atoms with van der Waals surface area (Å²) in [5, 5.41) is 9.36. The number of amides is 1. The van der Waals surface area contributed by atoms with E-state index in [9.17, 15) is 4.79 Å². The molecule has 1 saturated heterocycles. The van der Waals surface area contributed by atoms with Gasteiger partial charge in [-0.1, -0.05) is 6.92 Å². The predicted octanol–water partition coefficient (Wildman–Crippen LogP) is 3.71. The minimum Gasteiger partial charge on any atom is -0.494 e. The van der Waals surface area contributed by atoms with Crippen molar-refractivity contribution in [1.29, 1.82) is 0 Å². The molecular formula is C19H27Cl2N3O2S. The molecule has 3 rings (SSSR count). The first-order valence-corrected chi connectivity index (χ1v) is 9.71. The summed E-state index contributed by atoms with van der Waals surface area (Å²) < 4.78 is 5.46. The Kier molecular flexibility index (Phi) is 10.1. The van der Waals surface area contributed by atoms with Crippen LogP contribution in [-0.2, 0) is 11.2 Å². The molecule has 8 heteroatoms. The van der Waals surface area contributed by atoms with E-state index in [-0.39, 0.29) is 36.8 Å². The molecule has 1 aliphatic rings. The molecule has 2 aromatic rings. The largest absolute Gasteiger partial charge is 0.494 e. The summed E-state index contributed by atoms with van der Waals surface area (Å²) >= 11 is 1.57. The van der Waals surface area contributed by atoms with Crippen molar-refractivity contribution in [3.63, 3.8) is 0 Å². The lowest BCUT2D eigenvalue weighted by Gasteiger charge is -2.30. The Morgan fingerprint density at radius 3 is 2.74 bits per heavy atom. The second kappa shape index (κ2) is 11.5. The summed E-state index contributed by atoms with van der Waals surface area (Å²) in [4.78, 5) is 16.9. The van der Waals surface area contributed by atoms with E-state index in [2.05, 4.69) is 22.5 Å². The monoisotopic (exact) mass is 431 g/mol. The normalized spacial score (nSPS) is 18.7. The number of halogens is 2. The summed E-state index contributed by atoms with van der Waals surface area (Å²) in [5.74, 6) is 1.42. The van der Waals surface area contributed by atoms with Crippen LogP contribution in [0.4, 0.5) is 0 Å². The van der Waals surface area contributed by atoms with Gasteiger partial charge < -0.3 is 15.4 Å². The van der Waals surface area contributed by atoms with E-state index in [1.54, 1.807) is 11.3 Å². The van der Waals surface area contributed by atoms with Gasteiger partial charge >= 0.3 is 0 Å². The zero-order chi connectivity index (χ0) is 17.6. The topological polar surface area (TPSA) is 63.2 Å². The summed E-state index contributed by atoms with van der Waals surface area (Å²) in [5.41, 5.74) is 1.87. The molecule has 1 aromatic heterocycles. The zero-order valence-corrected chi connectivity index (χ0v) is 18.0. The van der Waals surface area contributed by atoms with Crippen molar-refractivity contribution in [3.05, 3.63) is 35.3 Å². The Morgan fingerprint density at radius 1 is 1.33 bits per heavy atom. The Balaban J connectivity index is 0.00000182. The van der Waals surface area contributed by atoms with Crippen molar-refractivity contribution in [3.8, 4) is 16.3 Å². The number of piperidine rings is 1. The molecule has 5 nitrogen and oxygen atoms in total. The number of benzene rings is 1. The van der Waals surface area contributed by atoms with Gasteiger partial charge in [0, 0.05) is 23.5 Å². The summed E-state index contributed by atoms with van der Waals surface area (Å²) in [6, 6.07) is 8.12. The molecule has 1 amide bonds. The number of aromatic nitrogens is 1. The van der Waals surface area contributed by atoms with Crippen LogP contribution in [0.5, 0.6) is 5.75 Å². The van der Waals surface area contributed by atoms with Gasteiger partial charge in [0.2, 0.25) is 5.91 Å². The van der Waals surface area contributed by atoms with Crippen LogP contribution >= 0.6 is 36.2 Å². The molecule has 2 unspecified atom stereocenters. The quantitative estimate of drug-likeness (QED) is 0.731. The molecule has 0 spiro atoms. The number of thiazole rings is 1. The number of carbonyl (C=O) groups is 1. The van der Waals surface area contributed by atoms with Gasteiger partial charge in [0.15, 0.2) is 0 Å². The van der Waals surface area contributed by atoms with Gasteiger partial charge in [-0.3, -0.25) is 4.79 Å². The molecule has 0 aliphatic carbocycles. The van der Waals surface area contributed by atoms with E-state index in [1.165, 1.54) is 0 Å². The van der Waals surface area contributed by atoms with Gasteiger partial charge in [-0.25, -0.2) is 4.98 Å². The van der Waals surface area contributed by atoms with Crippen LogP contribution in [0.3, 0.4) is 0 Å². The van der Waals surface area contributed by atoms with Crippen LogP contribution in [-0.4, -0.2) is 36.6 Å². The second-order valence-corrected chi connectivity index (χ2v) is 7.28. The lowest BCUT2D eigenvalue weighted by atomic mass is 9.95. The molecule has 0 saturated carbocycles. The highest BCUT2D eigenvalue weighted by Crippen LogP contribution is 2.26. The Morgan fingerprint density at radius 2 is 2.07 bits per heavy atom. The number of rotatable bonds is 6. The standard InChI is InChI=1S/C19H25N3O2S.2ClH/c1-3-24-16-6-4-14(5-7-16)19-21-15(12-25-19)10-18(23)22-17-11-20-9-8-13(17)2;;/h4-7,12-13,17,20H,3,8-11H2,1-2H3,(H,22,23);2*1H. The summed E-state index contributed by atoms with van der Waals surface area (Å²) in [6.07, 6.45) is 1.43. The van der Waals surface area contributed by atoms with Crippen molar-refractivity contribution >= 4 is 42.1 Å². The molecule has 2 atom stereocenters. The van der Waals surface area contributed by atoms with Crippen molar-refractivity contribution in [2.24, 2.45) is 5.92 Å². The van der Waals surface area contributed by atoms with E-state index in [0.717, 1.165) is 41.5 Å². The fraction of sp³-hybridized carbons (Fsp3) is 0.474. The first kappa shape index (κ1) is 23.7. The molecule has 150 valence electrons. The van der Waals surface area contributed by atoms with Gasteiger partial charge in [0.1, 0.15) is 10.8 Å². The maximum Gasteiger partial charge on any atom is 0.226 e. The summed E-state index contributed by atoms with van der Waals surface area (Å²) in [7, 11) is 0. The maximum atomic E-state index is 12.3. The molecule has 1 fully saturated rings. The lowest BCUT2D eigenvalue weighted by Crippen LogP contribution is -2.50. The van der Waals surface area contributed by atoms with Gasteiger partial charge in [-0.15, -0.1) is 36.2 Å². The highest BCUT2D eigenvalue weighted by atomic mass is 35.5. The van der Waals surface area contributed by atoms with E-state index in [1.807, 2.05) is 36.6 Å². The Labute approximate surface area is 177 Å². The smallest absolute Gasteiger partial charge is 0.226 e. The molecule has 0 radical (unpaired) electrons. The number of carbonyl (C=O) groups excluding carboxylic acids is 1. The third kappa shape index (κ3) is 6.64. The lowest BCUT2D eigenvalue weighted by molar-refractivity contribution is -0.121. The number of hydrogen-bond acceptors (Lipinski definition) is 5. The van der Waals surface area contributed by atoms with Crippen LogP contribution in [0.25, 0.3) is 10.6 Å². The van der Waals surface area contributed by atoms with Crippen LogP contribution in [0.1, 0.15) is 26.0 Å². The van der Waals surface area contributed by atoms with Crippen molar-refractivity contribution < 1.29 is 9.53 Å². The molecule has 1 aliphatic heterocycles. The number of hydrogen-bond donors (Lipinski definition) is 2. The number of nitrogens with zero attached hydrogens (tertiary/aromatic N) is 1. The zero-order valence-electron chi connectivity index (χ0n) is 15.6. The van der Waals surface area contributed by atoms with Crippen molar-refractivity contribution in [1.82, 2.24) is 15.6 Å². The highest BCUT2D eigenvalue weighted by molar-refractivity contribution is 7.13. The van der Waals surface area contributed by atoms with Crippen LogP contribution < -0.4 is 15.4 Å². The fourth-order valence-corrected chi connectivity index (χ4v) is 3.81. The van der Waals surface area contributed by atoms with E-state index in [4.69, 9.17) is 4.74 Å². The second-order valence-electron chi connectivity index (χ2n) is 6.42.